The van der Waals surface area contributed by atoms with E-state index in [9.17, 15) is 4.79 Å². The van der Waals surface area contributed by atoms with Crippen LogP contribution in [0.3, 0.4) is 0 Å². The van der Waals surface area contributed by atoms with E-state index in [0.717, 1.165) is 12.1 Å². The predicted molar refractivity (Wildman–Crippen MR) is 94.4 cm³/mol. The lowest BCUT2D eigenvalue weighted by Gasteiger charge is -2.25. The molecule has 124 valence electrons. The Morgan fingerprint density at radius 2 is 2.09 bits per heavy atom. The van der Waals surface area contributed by atoms with Crippen LogP contribution >= 0.6 is 11.6 Å². The Hall–Kier alpha value is -1.52. The van der Waals surface area contributed by atoms with Gasteiger partial charge in [0.1, 0.15) is 10.7 Å². The third-order valence-corrected chi connectivity index (χ3v) is 5.36. The number of nitrogens with zero attached hydrogens (tertiary/aromatic N) is 1. The van der Waals surface area contributed by atoms with Crippen molar-refractivity contribution in [2.45, 2.75) is 51.0 Å². The van der Waals surface area contributed by atoms with Gasteiger partial charge in [0.2, 0.25) is 5.91 Å². The van der Waals surface area contributed by atoms with E-state index in [1.165, 1.54) is 11.1 Å². The molecular weight excluding hydrogens is 310 g/mol. The third kappa shape index (κ3) is 2.64. The zero-order valence-electron chi connectivity index (χ0n) is 14.3. The molecule has 0 saturated heterocycles. The van der Waals surface area contributed by atoms with Crippen molar-refractivity contribution in [3.63, 3.8) is 0 Å². The first-order chi connectivity index (χ1) is 10.6. The first-order valence-electron chi connectivity index (χ1n) is 7.99. The van der Waals surface area contributed by atoms with E-state index >= 15 is 0 Å². The molecule has 0 bridgehead atoms. The van der Waals surface area contributed by atoms with Gasteiger partial charge in [0.15, 0.2) is 0 Å². The van der Waals surface area contributed by atoms with Gasteiger partial charge in [0, 0.05) is 12.7 Å². The molecule has 1 aromatic carbocycles. The van der Waals surface area contributed by atoms with Crippen LogP contribution < -0.4 is 10.7 Å². The van der Waals surface area contributed by atoms with E-state index in [-0.39, 0.29) is 11.3 Å². The van der Waals surface area contributed by atoms with Gasteiger partial charge in [-0.05, 0) is 47.9 Å². The Labute approximate surface area is 142 Å². The summed E-state index contributed by atoms with van der Waals surface area (Å²) in [6, 6.07) is 6.18. The highest BCUT2D eigenvalue weighted by molar-refractivity contribution is 6.29. The largest absolute Gasteiger partial charge is 0.324 e. The summed E-state index contributed by atoms with van der Waals surface area (Å²) in [5, 5.41) is 5.28. The number of carbonyl (C=O) groups excluding carboxylic acids is 1. The number of nitrogens with one attached hydrogen (secondary N) is 2. The number of hydrogen-bond acceptors (Lipinski definition) is 3. The molecule has 3 rings (SSSR count). The molecule has 0 saturated carbocycles. The number of amides is 1. The van der Waals surface area contributed by atoms with E-state index < -0.39 is 5.54 Å². The van der Waals surface area contributed by atoms with Crippen molar-refractivity contribution >= 4 is 23.2 Å². The highest BCUT2D eigenvalue weighted by atomic mass is 35.5. The van der Waals surface area contributed by atoms with Crippen molar-refractivity contribution < 1.29 is 4.79 Å². The molecule has 2 atom stereocenters. The zero-order valence-corrected chi connectivity index (χ0v) is 15.1. The van der Waals surface area contributed by atoms with Crippen LogP contribution in [0, 0.1) is 0 Å². The van der Waals surface area contributed by atoms with Crippen LogP contribution in [-0.4, -0.2) is 23.5 Å². The molecule has 1 aromatic rings. The highest BCUT2D eigenvalue weighted by Crippen LogP contribution is 2.48. The Bertz CT molecular complexity index is 698. The molecule has 2 aliphatic rings. The molecule has 2 N–H and O–H groups in total. The van der Waals surface area contributed by atoms with E-state index in [1.807, 2.05) is 19.1 Å². The van der Waals surface area contributed by atoms with Crippen LogP contribution in [0.5, 0.6) is 0 Å². The summed E-state index contributed by atoms with van der Waals surface area (Å²) in [4.78, 5) is 12.8. The van der Waals surface area contributed by atoms with Gasteiger partial charge in [-0.2, -0.15) is 0 Å². The molecule has 1 aliphatic heterocycles. The van der Waals surface area contributed by atoms with Gasteiger partial charge in [-0.25, -0.2) is 5.43 Å². The molecular formula is C18H24ClN3O. The summed E-state index contributed by atoms with van der Waals surface area (Å²) in [7, 11) is 1.79. The average Bonchev–Trinajstić information content (AvgIpc) is 2.85. The van der Waals surface area contributed by atoms with Crippen molar-refractivity contribution in [2.24, 2.45) is 0 Å². The van der Waals surface area contributed by atoms with E-state index in [0.29, 0.717) is 11.1 Å². The number of anilines is 1. The minimum atomic E-state index is -0.841. The lowest BCUT2D eigenvalue weighted by atomic mass is 9.86. The fourth-order valence-corrected chi connectivity index (χ4v) is 4.17. The van der Waals surface area contributed by atoms with Crippen molar-refractivity contribution in [2.75, 3.05) is 12.4 Å². The number of rotatable bonds is 2. The fourth-order valence-electron chi connectivity index (χ4n) is 3.91. The fraction of sp³-hybridized carbons (Fsp3) is 0.500. The highest BCUT2D eigenvalue weighted by Gasteiger charge is 2.40. The summed E-state index contributed by atoms with van der Waals surface area (Å²) < 4.78 is 0. The monoisotopic (exact) mass is 333 g/mol. The van der Waals surface area contributed by atoms with Crippen molar-refractivity contribution in [1.82, 2.24) is 10.4 Å². The smallest absolute Gasteiger partial charge is 0.250 e. The van der Waals surface area contributed by atoms with Gasteiger partial charge in [-0.1, -0.05) is 44.5 Å². The van der Waals surface area contributed by atoms with Crippen LogP contribution in [0.25, 0.3) is 0 Å². The van der Waals surface area contributed by atoms with Gasteiger partial charge in [0.25, 0.3) is 0 Å². The lowest BCUT2D eigenvalue weighted by molar-refractivity contribution is -0.120. The van der Waals surface area contributed by atoms with Crippen molar-refractivity contribution in [3.8, 4) is 0 Å². The molecule has 0 radical (unpaired) electrons. The van der Waals surface area contributed by atoms with Crippen LogP contribution in [0.15, 0.2) is 29.4 Å². The molecule has 1 aliphatic carbocycles. The Kier molecular flexibility index (Phi) is 3.73. The van der Waals surface area contributed by atoms with Crippen molar-refractivity contribution in [1.29, 1.82) is 0 Å². The second-order valence-electron chi connectivity index (χ2n) is 7.55. The topological polar surface area (TPSA) is 44.4 Å². The molecule has 4 nitrogen and oxygen atoms in total. The van der Waals surface area contributed by atoms with Gasteiger partial charge in [-0.15, -0.1) is 0 Å². The van der Waals surface area contributed by atoms with Gasteiger partial charge in [0.05, 0.1) is 0 Å². The standard InChI is InChI=1S/C18H24ClN3O/c1-11-9-17(2,3)12-7-6-8-13(15(11)12)20-16(23)18(4)10-14(19)22(5)21-18/h6-8,10-11,21H,9H2,1-5H3,(H,20,23). The van der Waals surface area contributed by atoms with E-state index in [1.54, 1.807) is 18.1 Å². The quantitative estimate of drug-likeness (QED) is 0.811. The Morgan fingerprint density at radius 3 is 2.70 bits per heavy atom. The average molecular weight is 334 g/mol. The lowest BCUT2D eigenvalue weighted by Crippen LogP contribution is -2.51. The van der Waals surface area contributed by atoms with Crippen LogP contribution in [-0.2, 0) is 10.2 Å². The Balaban J connectivity index is 1.91. The molecule has 0 spiro atoms. The SMILES string of the molecule is CC1CC(C)(C)c2cccc(NC(=O)C3(C)C=C(Cl)N(C)N3)c21. The minimum absolute atomic E-state index is 0.106. The minimum Gasteiger partial charge on any atom is -0.324 e. The third-order valence-electron chi connectivity index (χ3n) is 4.99. The maximum absolute atomic E-state index is 12.8. The summed E-state index contributed by atoms with van der Waals surface area (Å²) >= 11 is 6.09. The molecule has 2 unspecified atom stereocenters. The number of benzene rings is 1. The van der Waals surface area contributed by atoms with Gasteiger partial charge < -0.3 is 10.3 Å². The number of hydrazine groups is 1. The van der Waals surface area contributed by atoms with E-state index in [2.05, 4.69) is 37.6 Å². The molecule has 23 heavy (non-hydrogen) atoms. The number of carbonyl (C=O) groups is 1. The van der Waals surface area contributed by atoms with Gasteiger partial charge >= 0.3 is 0 Å². The Morgan fingerprint density at radius 1 is 1.39 bits per heavy atom. The molecule has 5 heteroatoms. The van der Waals surface area contributed by atoms with Crippen LogP contribution in [0.1, 0.15) is 51.2 Å². The molecule has 0 fully saturated rings. The predicted octanol–water partition coefficient (Wildman–Crippen LogP) is 3.70. The second-order valence-corrected chi connectivity index (χ2v) is 7.94. The first kappa shape index (κ1) is 16.3. The second kappa shape index (κ2) is 5.25. The van der Waals surface area contributed by atoms with Crippen LogP contribution in [0.2, 0.25) is 0 Å². The maximum atomic E-state index is 12.8. The normalized spacial score (nSPS) is 28.5. The zero-order chi connectivity index (χ0) is 17.0. The molecule has 1 heterocycles. The maximum Gasteiger partial charge on any atom is 0.250 e. The van der Waals surface area contributed by atoms with Crippen LogP contribution in [0.4, 0.5) is 5.69 Å². The number of hydrogen-bond donors (Lipinski definition) is 2. The molecule has 1 amide bonds. The van der Waals surface area contributed by atoms with Crippen molar-refractivity contribution in [3.05, 3.63) is 40.6 Å². The summed E-state index contributed by atoms with van der Waals surface area (Å²) in [5.41, 5.74) is 5.90. The number of fused-ring (bicyclic) bond motifs is 1. The number of halogens is 1. The summed E-state index contributed by atoms with van der Waals surface area (Å²) in [6.45, 7) is 8.57. The van der Waals surface area contributed by atoms with Gasteiger partial charge in [-0.3, -0.25) is 4.79 Å². The van der Waals surface area contributed by atoms with E-state index in [4.69, 9.17) is 11.6 Å². The first-order valence-corrected chi connectivity index (χ1v) is 8.36. The summed E-state index contributed by atoms with van der Waals surface area (Å²) in [6.07, 6.45) is 2.83. The molecule has 0 aromatic heterocycles. The summed E-state index contributed by atoms with van der Waals surface area (Å²) in [5.74, 6) is 0.327.